The van der Waals surface area contributed by atoms with Crippen LogP contribution in [0.25, 0.3) is 53.0 Å². The van der Waals surface area contributed by atoms with E-state index in [1.807, 2.05) is 12.1 Å². The van der Waals surface area contributed by atoms with Crippen LogP contribution >= 0.6 is 22.9 Å². The van der Waals surface area contributed by atoms with Gasteiger partial charge in [-0.25, -0.2) is 9.97 Å². The topological polar surface area (TPSA) is 25.8 Å². The minimum Gasteiger partial charge on any atom is -0.242 e. The minimum atomic E-state index is 0.726. The summed E-state index contributed by atoms with van der Waals surface area (Å²) in [5, 5.41) is 6.58. The van der Waals surface area contributed by atoms with Crippen LogP contribution in [0.15, 0.2) is 54.6 Å². The van der Waals surface area contributed by atoms with Crippen LogP contribution in [0.4, 0.5) is 0 Å². The number of fused-ring (bicyclic) bond motifs is 9. The normalized spacial score (nSPS) is 12.1. The fourth-order valence-corrected chi connectivity index (χ4v) is 5.27. The summed E-state index contributed by atoms with van der Waals surface area (Å²) in [6.07, 6.45) is 0. The summed E-state index contributed by atoms with van der Waals surface area (Å²) in [4.78, 5) is 11.2. The summed E-state index contributed by atoms with van der Waals surface area (Å²) < 4.78 is 1.16. The Balaban J connectivity index is 1.92. The molecule has 0 spiro atoms. The molecule has 0 radical (unpaired) electrons. The van der Waals surface area contributed by atoms with Crippen molar-refractivity contribution in [2.45, 2.75) is 13.8 Å². The van der Waals surface area contributed by atoms with Crippen LogP contribution in [0.5, 0.6) is 0 Å². The molecule has 2 aromatic heterocycles. The maximum absolute atomic E-state index is 6.26. The fraction of sp³-hybridized carbons (Fsp3) is 0.0833. The van der Waals surface area contributed by atoms with Crippen molar-refractivity contribution in [2.75, 3.05) is 0 Å². The molecule has 2 nitrogen and oxygen atoms in total. The van der Waals surface area contributed by atoms with Gasteiger partial charge in [0.1, 0.15) is 10.3 Å². The molecule has 0 bridgehead atoms. The number of rotatable bonds is 0. The zero-order valence-electron chi connectivity index (χ0n) is 15.4. The maximum Gasteiger partial charge on any atom is 0.143 e. The summed E-state index contributed by atoms with van der Waals surface area (Å²) in [6, 6.07) is 19.1. The number of thiophene rings is 1. The van der Waals surface area contributed by atoms with Gasteiger partial charge in [-0.15, -0.1) is 11.3 Å². The Kier molecular flexibility index (Phi) is 3.26. The number of aromatic nitrogens is 2. The number of hydrogen-bond acceptors (Lipinski definition) is 3. The van der Waals surface area contributed by atoms with E-state index in [9.17, 15) is 0 Å². The van der Waals surface area contributed by atoms with Gasteiger partial charge in [-0.3, -0.25) is 0 Å². The van der Waals surface area contributed by atoms with E-state index in [0.29, 0.717) is 0 Å². The highest BCUT2D eigenvalue weighted by Crippen LogP contribution is 2.39. The molecule has 0 fully saturated rings. The largest absolute Gasteiger partial charge is 0.242 e. The third-order valence-electron chi connectivity index (χ3n) is 5.42. The Morgan fingerprint density at radius 1 is 0.643 bits per heavy atom. The van der Waals surface area contributed by atoms with E-state index in [-0.39, 0.29) is 0 Å². The second kappa shape index (κ2) is 5.63. The van der Waals surface area contributed by atoms with E-state index < -0.39 is 0 Å². The molecule has 134 valence electrons. The van der Waals surface area contributed by atoms with Crippen LogP contribution in [0, 0.1) is 13.8 Å². The molecule has 0 atom stereocenters. The molecule has 6 rings (SSSR count). The van der Waals surface area contributed by atoms with E-state index in [1.165, 1.54) is 21.9 Å². The SMILES string of the molecule is Cc1ccc2c(c1)c1cc(C)ccc1c1nc3c(nc21)sc1ccc(Cl)cc13. The van der Waals surface area contributed by atoms with Crippen molar-refractivity contribution >= 4 is 75.9 Å². The number of hydrogen-bond donors (Lipinski definition) is 0. The summed E-state index contributed by atoms with van der Waals surface area (Å²) >= 11 is 7.93. The predicted octanol–water partition coefficient (Wildman–Crippen LogP) is 7.57. The van der Waals surface area contributed by atoms with Gasteiger partial charge in [0.15, 0.2) is 0 Å². The molecule has 4 aromatic carbocycles. The van der Waals surface area contributed by atoms with Crippen LogP contribution in [-0.2, 0) is 0 Å². The van der Waals surface area contributed by atoms with Crippen molar-refractivity contribution in [3.8, 4) is 0 Å². The first-order chi connectivity index (χ1) is 13.6. The van der Waals surface area contributed by atoms with E-state index in [0.717, 1.165) is 47.3 Å². The van der Waals surface area contributed by atoms with Gasteiger partial charge in [-0.1, -0.05) is 59.1 Å². The highest BCUT2D eigenvalue weighted by Gasteiger charge is 2.15. The van der Waals surface area contributed by atoms with Gasteiger partial charge in [0.2, 0.25) is 0 Å². The van der Waals surface area contributed by atoms with Crippen molar-refractivity contribution in [3.05, 3.63) is 70.7 Å². The van der Waals surface area contributed by atoms with E-state index in [4.69, 9.17) is 21.6 Å². The summed E-state index contributed by atoms with van der Waals surface area (Å²) in [7, 11) is 0. The van der Waals surface area contributed by atoms with Gasteiger partial charge >= 0.3 is 0 Å². The third kappa shape index (κ3) is 2.20. The molecule has 0 N–H and O–H groups in total. The first kappa shape index (κ1) is 16.2. The van der Waals surface area contributed by atoms with Gasteiger partial charge < -0.3 is 0 Å². The molecule has 0 aliphatic carbocycles. The van der Waals surface area contributed by atoms with Crippen molar-refractivity contribution in [2.24, 2.45) is 0 Å². The van der Waals surface area contributed by atoms with Crippen molar-refractivity contribution < 1.29 is 0 Å². The van der Waals surface area contributed by atoms with Crippen LogP contribution in [0.3, 0.4) is 0 Å². The van der Waals surface area contributed by atoms with Crippen molar-refractivity contribution in [1.82, 2.24) is 9.97 Å². The average molecular weight is 399 g/mol. The highest BCUT2D eigenvalue weighted by atomic mass is 35.5. The molecule has 0 unspecified atom stereocenters. The second-order valence-corrected chi connectivity index (χ2v) is 8.88. The molecule has 0 saturated carbocycles. The first-order valence-electron chi connectivity index (χ1n) is 9.21. The number of halogens is 1. The molecular weight excluding hydrogens is 384 g/mol. The van der Waals surface area contributed by atoms with E-state index in [2.05, 4.69) is 56.3 Å². The summed E-state index contributed by atoms with van der Waals surface area (Å²) in [5.41, 5.74) is 5.36. The van der Waals surface area contributed by atoms with Crippen LogP contribution in [-0.4, -0.2) is 9.97 Å². The van der Waals surface area contributed by atoms with Crippen molar-refractivity contribution in [3.63, 3.8) is 0 Å². The quantitative estimate of drug-likeness (QED) is 0.246. The molecule has 28 heavy (non-hydrogen) atoms. The van der Waals surface area contributed by atoms with Crippen LogP contribution < -0.4 is 0 Å². The standard InChI is InChI=1S/C24H15ClN2S/c1-12-3-6-15-17(9-12)18-10-13(2)4-7-16(18)22-21(15)26-23-19-11-14(25)5-8-20(19)28-24(23)27-22/h3-11H,1-2H3. The Bertz CT molecular complexity index is 1600. The molecular formula is C24H15ClN2S. The number of nitrogens with zero attached hydrogens (tertiary/aromatic N) is 2. The Morgan fingerprint density at radius 2 is 1.29 bits per heavy atom. The first-order valence-corrected chi connectivity index (χ1v) is 10.4. The Hall–Kier alpha value is -2.75. The van der Waals surface area contributed by atoms with Gasteiger partial charge in [0.05, 0.1) is 11.0 Å². The van der Waals surface area contributed by atoms with Gasteiger partial charge in [0, 0.05) is 25.9 Å². The lowest BCUT2D eigenvalue weighted by atomic mass is 9.97. The zero-order chi connectivity index (χ0) is 19.0. The number of benzene rings is 4. The molecule has 0 aliphatic rings. The molecule has 2 heterocycles. The van der Waals surface area contributed by atoms with Crippen molar-refractivity contribution in [1.29, 1.82) is 0 Å². The maximum atomic E-state index is 6.26. The minimum absolute atomic E-state index is 0.726. The van der Waals surface area contributed by atoms with Crippen LogP contribution in [0.2, 0.25) is 5.02 Å². The van der Waals surface area contributed by atoms with Crippen LogP contribution in [0.1, 0.15) is 11.1 Å². The summed E-state index contributed by atoms with van der Waals surface area (Å²) in [5.74, 6) is 0. The monoisotopic (exact) mass is 398 g/mol. The lowest BCUT2D eigenvalue weighted by molar-refractivity contribution is 1.45. The molecule has 6 aromatic rings. The lowest BCUT2D eigenvalue weighted by Gasteiger charge is -2.10. The van der Waals surface area contributed by atoms with Gasteiger partial charge in [-0.2, -0.15) is 0 Å². The second-order valence-electron chi connectivity index (χ2n) is 7.42. The fourth-order valence-electron chi connectivity index (χ4n) is 4.10. The van der Waals surface area contributed by atoms with E-state index >= 15 is 0 Å². The predicted molar refractivity (Wildman–Crippen MR) is 122 cm³/mol. The molecule has 4 heteroatoms. The average Bonchev–Trinajstić information content (AvgIpc) is 3.03. The molecule has 0 aliphatic heterocycles. The third-order valence-corrected chi connectivity index (χ3v) is 6.71. The number of aryl methyl sites for hydroxylation is 2. The Labute approximate surface area is 170 Å². The van der Waals surface area contributed by atoms with E-state index in [1.54, 1.807) is 11.3 Å². The van der Waals surface area contributed by atoms with Gasteiger partial charge in [0.25, 0.3) is 0 Å². The zero-order valence-corrected chi connectivity index (χ0v) is 16.9. The summed E-state index contributed by atoms with van der Waals surface area (Å²) in [6.45, 7) is 4.27. The van der Waals surface area contributed by atoms with Gasteiger partial charge in [-0.05, 0) is 42.8 Å². The lowest BCUT2D eigenvalue weighted by Crippen LogP contribution is -1.90. The Morgan fingerprint density at radius 3 is 1.96 bits per heavy atom. The highest BCUT2D eigenvalue weighted by molar-refractivity contribution is 7.25. The molecule has 0 saturated heterocycles. The smallest absolute Gasteiger partial charge is 0.143 e. The molecule has 0 amide bonds.